The van der Waals surface area contributed by atoms with Crippen molar-refractivity contribution in [2.75, 3.05) is 6.54 Å². The Labute approximate surface area is 116 Å². The van der Waals surface area contributed by atoms with Crippen LogP contribution in [-0.4, -0.2) is 11.5 Å². The molecular formula is C15H28N2S. The summed E-state index contributed by atoms with van der Waals surface area (Å²) in [4.78, 5) is 4.70. The van der Waals surface area contributed by atoms with E-state index in [1.165, 1.54) is 10.7 Å². The fourth-order valence-corrected chi connectivity index (χ4v) is 2.42. The van der Waals surface area contributed by atoms with E-state index in [2.05, 4.69) is 59.2 Å². The molecule has 0 spiro atoms. The number of nitrogens with zero attached hydrogens (tertiary/aromatic N) is 1. The lowest BCUT2D eigenvalue weighted by Crippen LogP contribution is -2.33. The summed E-state index contributed by atoms with van der Waals surface area (Å²) >= 11 is 1.76. The number of hydrogen-bond acceptors (Lipinski definition) is 3. The number of rotatable bonds is 5. The number of thiazole rings is 1. The zero-order valence-corrected chi connectivity index (χ0v) is 13.7. The van der Waals surface area contributed by atoms with Crippen molar-refractivity contribution in [3.05, 3.63) is 16.1 Å². The number of nitrogens with one attached hydrogen (secondary N) is 1. The Morgan fingerprint density at radius 1 is 1.22 bits per heavy atom. The summed E-state index contributed by atoms with van der Waals surface area (Å²) in [6.45, 7) is 17.7. The van der Waals surface area contributed by atoms with E-state index < -0.39 is 0 Å². The first-order valence-corrected chi connectivity index (χ1v) is 7.66. The molecule has 0 unspecified atom stereocenters. The highest BCUT2D eigenvalue weighted by molar-refractivity contribution is 7.09. The fourth-order valence-electron chi connectivity index (χ4n) is 1.43. The Morgan fingerprint density at radius 3 is 2.28 bits per heavy atom. The zero-order chi connectivity index (χ0) is 14.0. The van der Waals surface area contributed by atoms with Crippen molar-refractivity contribution in [1.29, 1.82) is 0 Å². The van der Waals surface area contributed by atoms with Gasteiger partial charge < -0.3 is 5.32 Å². The Bertz CT molecular complexity index is 372. The van der Waals surface area contributed by atoms with Crippen LogP contribution < -0.4 is 5.32 Å². The molecule has 0 aliphatic carbocycles. The minimum Gasteiger partial charge on any atom is -0.310 e. The molecule has 1 N–H and O–H groups in total. The van der Waals surface area contributed by atoms with Gasteiger partial charge in [-0.25, -0.2) is 4.98 Å². The molecule has 0 saturated heterocycles. The first-order chi connectivity index (χ1) is 8.13. The number of hydrogen-bond donors (Lipinski definition) is 1. The summed E-state index contributed by atoms with van der Waals surface area (Å²) in [5, 5.41) is 6.92. The van der Waals surface area contributed by atoms with Crippen LogP contribution in [0.2, 0.25) is 0 Å². The lowest BCUT2D eigenvalue weighted by atomic mass is 9.81. The van der Waals surface area contributed by atoms with E-state index in [1.54, 1.807) is 11.3 Å². The molecule has 0 aliphatic heterocycles. The summed E-state index contributed by atoms with van der Waals surface area (Å²) in [6.07, 6.45) is 0. The molecule has 1 aromatic rings. The van der Waals surface area contributed by atoms with Crippen LogP contribution in [0.3, 0.4) is 0 Å². The van der Waals surface area contributed by atoms with Gasteiger partial charge in [0.25, 0.3) is 0 Å². The van der Waals surface area contributed by atoms with E-state index >= 15 is 0 Å². The SMILES string of the molecule is CC(C)C(C)(C)CNCc1nc(C(C)(C)C)cs1. The molecule has 0 fully saturated rings. The molecule has 1 heterocycles. The molecule has 18 heavy (non-hydrogen) atoms. The predicted octanol–water partition coefficient (Wildman–Crippen LogP) is 4.21. The number of aromatic nitrogens is 1. The lowest BCUT2D eigenvalue weighted by Gasteiger charge is -2.29. The maximum Gasteiger partial charge on any atom is 0.107 e. The highest BCUT2D eigenvalue weighted by Crippen LogP contribution is 2.26. The largest absolute Gasteiger partial charge is 0.310 e. The van der Waals surface area contributed by atoms with Gasteiger partial charge in [0.15, 0.2) is 0 Å². The van der Waals surface area contributed by atoms with E-state index in [9.17, 15) is 0 Å². The Morgan fingerprint density at radius 2 is 1.83 bits per heavy atom. The molecular weight excluding hydrogens is 240 g/mol. The third kappa shape index (κ3) is 4.36. The van der Waals surface area contributed by atoms with Crippen molar-refractivity contribution in [2.45, 2.75) is 60.4 Å². The second-order valence-corrected chi connectivity index (χ2v) is 8.07. The minimum absolute atomic E-state index is 0.159. The molecule has 1 aromatic heterocycles. The monoisotopic (exact) mass is 268 g/mol. The van der Waals surface area contributed by atoms with Crippen LogP contribution in [0, 0.1) is 11.3 Å². The quantitative estimate of drug-likeness (QED) is 0.865. The van der Waals surface area contributed by atoms with Gasteiger partial charge in [0, 0.05) is 23.9 Å². The van der Waals surface area contributed by atoms with Gasteiger partial charge in [-0.1, -0.05) is 48.5 Å². The van der Waals surface area contributed by atoms with Gasteiger partial charge in [-0.15, -0.1) is 11.3 Å². The lowest BCUT2D eigenvalue weighted by molar-refractivity contribution is 0.238. The molecule has 0 amide bonds. The third-order valence-corrected chi connectivity index (χ3v) is 4.59. The molecule has 0 atom stereocenters. The molecule has 104 valence electrons. The van der Waals surface area contributed by atoms with Crippen molar-refractivity contribution in [1.82, 2.24) is 10.3 Å². The van der Waals surface area contributed by atoms with Crippen LogP contribution >= 0.6 is 11.3 Å². The van der Waals surface area contributed by atoms with Crippen molar-refractivity contribution >= 4 is 11.3 Å². The minimum atomic E-state index is 0.159. The van der Waals surface area contributed by atoms with Gasteiger partial charge in [0.2, 0.25) is 0 Å². The van der Waals surface area contributed by atoms with E-state index in [0.29, 0.717) is 11.3 Å². The molecule has 0 saturated carbocycles. The maximum atomic E-state index is 4.70. The van der Waals surface area contributed by atoms with Gasteiger partial charge >= 0.3 is 0 Å². The normalized spacial score (nSPS) is 13.3. The van der Waals surface area contributed by atoms with Crippen molar-refractivity contribution < 1.29 is 0 Å². The summed E-state index contributed by atoms with van der Waals surface area (Å²) in [5.41, 5.74) is 1.70. The van der Waals surface area contributed by atoms with Crippen LogP contribution in [-0.2, 0) is 12.0 Å². The molecule has 3 heteroatoms. The standard InChI is InChI=1S/C15H28N2S/c1-11(2)15(6,7)10-16-8-13-17-12(9-18-13)14(3,4)5/h9,11,16H,8,10H2,1-7H3. The highest BCUT2D eigenvalue weighted by Gasteiger charge is 2.22. The zero-order valence-electron chi connectivity index (χ0n) is 12.9. The summed E-state index contributed by atoms with van der Waals surface area (Å²) in [5.74, 6) is 0.687. The Balaban J connectivity index is 2.48. The predicted molar refractivity (Wildman–Crippen MR) is 81.1 cm³/mol. The van der Waals surface area contributed by atoms with Crippen molar-refractivity contribution in [3.8, 4) is 0 Å². The first kappa shape index (κ1) is 15.6. The van der Waals surface area contributed by atoms with Crippen LogP contribution in [0.15, 0.2) is 5.38 Å². The molecule has 1 rings (SSSR count). The first-order valence-electron chi connectivity index (χ1n) is 6.78. The summed E-state index contributed by atoms with van der Waals surface area (Å²) < 4.78 is 0. The molecule has 0 bridgehead atoms. The molecule has 2 nitrogen and oxygen atoms in total. The summed E-state index contributed by atoms with van der Waals surface area (Å²) in [6, 6.07) is 0. The van der Waals surface area contributed by atoms with E-state index in [-0.39, 0.29) is 5.41 Å². The van der Waals surface area contributed by atoms with Gasteiger partial charge in [-0.2, -0.15) is 0 Å². The van der Waals surface area contributed by atoms with E-state index in [4.69, 9.17) is 4.98 Å². The second-order valence-electron chi connectivity index (χ2n) is 7.12. The van der Waals surface area contributed by atoms with E-state index in [0.717, 1.165) is 13.1 Å². The third-order valence-electron chi connectivity index (χ3n) is 3.74. The van der Waals surface area contributed by atoms with Gasteiger partial charge in [0.1, 0.15) is 5.01 Å². The van der Waals surface area contributed by atoms with Gasteiger partial charge in [-0.05, 0) is 11.3 Å². The Hall–Kier alpha value is -0.410. The van der Waals surface area contributed by atoms with Crippen LogP contribution in [0.5, 0.6) is 0 Å². The van der Waals surface area contributed by atoms with Crippen LogP contribution in [0.4, 0.5) is 0 Å². The molecule has 0 aromatic carbocycles. The van der Waals surface area contributed by atoms with Crippen LogP contribution in [0.25, 0.3) is 0 Å². The second kappa shape index (κ2) is 5.70. The topological polar surface area (TPSA) is 24.9 Å². The maximum absolute atomic E-state index is 4.70. The Kier molecular flexibility index (Phi) is 4.96. The molecule has 0 radical (unpaired) electrons. The van der Waals surface area contributed by atoms with Crippen molar-refractivity contribution in [3.63, 3.8) is 0 Å². The smallest absolute Gasteiger partial charge is 0.107 e. The fraction of sp³-hybridized carbons (Fsp3) is 0.800. The average Bonchev–Trinajstić information content (AvgIpc) is 2.65. The molecule has 0 aliphatic rings. The van der Waals surface area contributed by atoms with Crippen molar-refractivity contribution in [2.24, 2.45) is 11.3 Å². The van der Waals surface area contributed by atoms with E-state index in [1.807, 2.05) is 0 Å². The van der Waals surface area contributed by atoms with Gasteiger partial charge in [-0.3, -0.25) is 0 Å². The average molecular weight is 268 g/mol. The van der Waals surface area contributed by atoms with Gasteiger partial charge in [0.05, 0.1) is 5.69 Å². The highest BCUT2D eigenvalue weighted by atomic mass is 32.1. The van der Waals surface area contributed by atoms with Crippen LogP contribution in [0.1, 0.15) is 59.2 Å². The summed E-state index contributed by atoms with van der Waals surface area (Å²) in [7, 11) is 0.